The second-order valence-electron chi connectivity index (χ2n) is 11.8. The fourth-order valence-corrected chi connectivity index (χ4v) is 6.95. The molecule has 0 radical (unpaired) electrons. The number of anilines is 1. The third-order valence-electron chi connectivity index (χ3n) is 9.32. The number of nitrogen functional groups attached to an aromatic ring is 1. The molecule has 2 aliphatic heterocycles. The van der Waals surface area contributed by atoms with Gasteiger partial charge in [-0.3, -0.25) is 14.5 Å². The topological polar surface area (TPSA) is 113 Å². The van der Waals surface area contributed by atoms with Crippen LogP contribution in [0.1, 0.15) is 69.0 Å². The maximum Gasteiger partial charge on any atom is 0.246 e. The molecular weight excluding hydrogens is 480 g/mol. The number of pyridine rings is 1. The van der Waals surface area contributed by atoms with Gasteiger partial charge in [0.05, 0.1) is 19.3 Å². The summed E-state index contributed by atoms with van der Waals surface area (Å²) in [6, 6.07) is 3.45. The Morgan fingerprint density at radius 2 is 1.92 bits per heavy atom. The van der Waals surface area contributed by atoms with Crippen LogP contribution in [0.25, 0.3) is 0 Å². The van der Waals surface area contributed by atoms with Crippen LogP contribution in [-0.2, 0) is 20.9 Å². The number of fused-ring (bicyclic) bond motifs is 1. The number of amides is 2. The van der Waals surface area contributed by atoms with Gasteiger partial charge in [0, 0.05) is 45.0 Å². The van der Waals surface area contributed by atoms with Crippen LogP contribution in [0.5, 0.6) is 0 Å². The highest BCUT2D eigenvalue weighted by molar-refractivity contribution is 5.96. The summed E-state index contributed by atoms with van der Waals surface area (Å²) in [6.45, 7) is 8.13. The van der Waals surface area contributed by atoms with Gasteiger partial charge in [0.15, 0.2) is 0 Å². The molecular formula is C29H46N6O3. The van der Waals surface area contributed by atoms with Gasteiger partial charge in [0.1, 0.15) is 11.4 Å². The third-order valence-corrected chi connectivity index (χ3v) is 9.32. The lowest BCUT2D eigenvalue weighted by atomic mass is 9.84. The molecule has 4 fully saturated rings. The van der Waals surface area contributed by atoms with Crippen LogP contribution in [0.4, 0.5) is 5.82 Å². The molecule has 5 rings (SSSR count). The van der Waals surface area contributed by atoms with E-state index in [0.29, 0.717) is 24.8 Å². The molecule has 0 aromatic carbocycles. The number of hydrogen-bond donors (Lipinski definition) is 3. The van der Waals surface area contributed by atoms with E-state index in [1.54, 1.807) is 6.07 Å². The summed E-state index contributed by atoms with van der Waals surface area (Å²) in [5.74, 6) is 1.43. The number of carbonyl (C=O) groups is 2. The van der Waals surface area contributed by atoms with E-state index in [1.807, 2.05) is 17.9 Å². The van der Waals surface area contributed by atoms with E-state index in [2.05, 4.69) is 20.5 Å². The highest BCUT2D eigenvalue weighted by atomic mass is 16.5. The Morgan fingerprint density at radius 3 is 2.68 bits per heavy atom. The van der Waals surface area contributed by atoms with Crippen LogP contribution in [0, 0.1) is 18.8 Å². The summed E-state index contributed by atoms with van der Waals surface area (Å²) >= 11 is 0. The molecule has 1 aromatic rings. The minimum atomic E-state index is -0.693. The molecule has 3 heterocycles. The number of piperidine rings is 1. The molecule has 0 bridgehead atoms. The van der Waals surface area contributed by atoms with Crippen LogP contribution in [0.3, 0.4) is 0 Å². The summed E-state index contributed by atoms with van der Waals surface area (Å²) < 4.78 is 5.49. The Morgan fingerprint density at radius 1 is 1.13 bits per heavy atom. The van der Waals surface area contributed by atoms with Crippen LogP contribution in [0.2, 0.25) is 0 Å². The van der Waals surface area contributed by atoms with Gasteiger partial charge in [-0.1, -0.05) is 38.2 Å². The quantitative estimate of drug-likeness (QED) is 0.429. The first-order valence-corrected chi connectivity index (χ1v) is 14.8. The van der Waals surface area contributed by atoms with Gasteiger partial charge >= 0.3 is 0 Å². The molecule has 0 unspecified atom stereocenters. The number of aromatic nitrogens is 1. The highest BCUT2D eigenvalue weighted by Crippen LogP contribution is 2.54. The predicted octanol–water partition coefficient (Wildman–Crippen LogP) is 2.23. The van der Waals surface area contributed by atoms with Crippen LogP contribution < -0.4 is 16.4 Å². The molecule has 9 heteroatoms. The first kappa shape index (κ1) is 27.3. The maximum atomic E-state index is 14.2. The number of nitrogens with zero attached hydrogens (tertiary/aromatic N) is 3. The number of hydrogen-bond acceptors (Lipinski definition) is 7. The summed E-state index contributed by atoms with van der Waals surface area (Å²) in [5, 5.41) is 6.80. The van der Waals surface area contributed by atoms with Crippen molar-refractivity contribution < 1.29 is 14.3 Å². The van der Waals surface area contributed by atoms with Crippen molar-refractivity contribution in [3.63, 3.8) is 0 Å². The number of aryl methyl sites for hydroxylation is 1. The van der Waals surface area contributed by atoms with E-state index < -0.39 is 5.54 Å². The zero-order valence-electron chi connectivity index (χ0n) is 23.1. The second-order valence-corrected chi connectivity index (χ2v) is 11.8. The number of nitrogens with two attached hydrogens (primary N) is 1. The summed E-state index contributed by atoms with van der Waals surface area (Å²) in [7, 11) is 0. The fourth-order valence-electron chi connectivity index (χ4n) is 6.95. The lowest BCUT2D eigenvalue weighted by Crippen LogP contribution is -2.59. The molecule has 4 N–H and O–H groups in total. The van der Waals surface area contributed by atoms with Crippen LogP contribution in [-0.4, -0.2) is 84.1 Å². The van der Waals surface area contributed by atoms with E-state index in [4.69, 9.17) is 10.5 Å². The lowest BCUT2D eigenvalue weighted by molar-refractivity contribution is -0.146. The van der Waals surface area contributed by atoms with Crippen molar-refractivity contribution in [1.82, 2.24) is 25.4 Å². The standard InChI is InChI=1S/C29H46N6O3/c1-21-23(9-10-26(30)33-21)20-32-28(37)29-19-24(29)8-5-12-35(29)27(36)25(18-22-6-3-2-4-7-22)31-11-13-34-14-16-38-17-15-34/h9-10,22,24-25,31H,2-8,11-20H2,1H3,(H2,30,33)(H,32,37)/t24-,25-,29+/m1/s1. The Bertz CT molecular complexity index is 977. The summed E-state index contributed by atoms with van der Waals surface area (Å²) in [5.41, 5.74) is 6.88. The third kappa shape index (κ3) is 6.15. The van der Waals surface area contributed by atoms with Crippen molar-refractivity contribution in [3.8, 4) is 0 Å². The number of likely N-dealkylation sites (tertiary alicyclic amines) is 1. The van der Waals surface area contributed by atoms with Gasteiger partial charge < -0.3 is 26.0 Å². The van der Waals surface area contributed by atoms with E-state index in [-0.39, 0.29) is 23.8 Å². The SMILES string of the molecule is Cc1nc(N)ccc1CNC(=O)[C@]12C[C@H]1CCCN2C(=O)[C@@H](CC1CCCCC1)NCCN1CCOCC1. The van der Waals surface area contributed by atoms with Gasteiger partial charge in [-0.2, -0.15) is 0 Å². The Hall–Kier alpha value is -2.23. The van der Waals surface area contributed by atoms with Crippen molar-refractivity contribution in [3.05, 3.63) is 23.4 Å². The molecule has 2 aliphatic carbocycles. The first-order chi connectivity index (χ1) is 18.5. The van der Waals surface area contributed by atoms with Gasteiger partial charge in [0.25, 0.3) is 0 Å². The zero-order chi connectivity index (χ0) is 26.5. The summed E-state index contributed by atoms with van der Waals surface area (Å²) in [6.07, 6.45) is 9.86. The number of ether oxygens (including phenoxy) is 1. The number of rotatable bonds is 10. The molecule has 210 valence electrons. The normalized spacial score (nSPS) is 27.0. The zero-order valence-corrected chi connectivity index (χ0v) is 23.1. The van der Waals surface area contributed by atoms with Crippen molar-refractivity contribution in [2.24, 2.45) is 11.8 Å². The average Bonchev–Trinajstić information content (AvgIpc) is 3.69. The Balaban J connectivity index is 1.26. The van der Waals surface area contributed by atoms with Crippen molar-refractivity contribution in [1.29, 1.82) is 0 Å². The Kier molecular flexibility index (Phi) is 8.85. The van der Waals surface area contributed by atoms with Gasteiger partial charge in [-0.25, -0.2) is 4.98 Å². The molecule has 3 atom stereocenters. The van der Waals surface area contributed by atoms with E-state index in [9.17, 15) is 9.59 Å². The molecule has 4 aliphatic rings. The van der Waals surface area contributed by atoms with Gasteiger partial charge in [-0.15, -0.1) is 0 Å². The smallest absolute Gasteiger partial charge is 0.246 e. The minimum absolute atomic E-state index is 0.0171. The molecule has 2 amide bonds. The van der Waals surface area contributed by atoms with E-state index in [0.717, 1.165) is 76.3 Å². The largest absolute Gasteiger partial charge is 0.384 e. The van der Waals surface area contributed by atoms with Crippen LogP contribution in [0.15, 0.2) is 12.1 Å². The number of nitrogens with one attached hydrogen (secondary N) is 2. The molecule has 1 aromatic heterocycles. The second kappa shape index (κ2) is 12.3. The fraction of sp³-hybridized carbons (Fsp3) is 0.759. The minimum Gasteiger partial charge on any atom is -0.384 e. The van der Waals surface area contributed by atoms with Crippen molar-refractivity contribution >= 4 is 17.6 Å². The van der Waals surface area contributed by atoms with Crippen molar-refractivity contribution in [2.75, 3.05) is 51.7 Å². The molecule has 38 heavy (non-hydrogen) atoms. The van der Waals surface area contributed by atoms with Gasteiger partial charge in [0.2, 0.25) is 11.8 Å². The van der Waals surface area contributed by atoms with Crippen LogP contribution >= 0.6 is 0 Å². The van der Waals surface area contributed by atoms with Crippen molar-refractivity contribution in [2.45, 2.75) is 82.8 Å². The Labute approximate surface area is 227 Å². The average molecular weight is 527 g/mol. The number of carbonyl (C=O) groups excluding carboxylic acids is 2. The number of morpholine rings is 1. The molecule has 9 nitrogen and oxygen atoms in total. The molecule has 2 saturated carbocycles. The summed E-state index contributed by atoms with van der Waals surface area (Å²) in [4.78, 5) is 36.5. The van der Waals surface area contributed by atoms with E-state index >= 15 is 0 Å². The van der Waals surface area contributed by atoms with E-state index in [1.165, 1.54) is 32.1 Å². The highest BCUT2D eigenvalue weighted by Gasteiger charge is 2.66. The molecule has 2 saturated heterocycles. The monoisotopic (exact) mass is 526 g/mol. The molecule has 0 spiro atoms. The predicted molar refractivity (Wildman–Crippen MR) is 147 cm³/mol. The van der Waals surface area contributed by atoms with Gasteiger partial charge in [-0.05, 0) is 56.1 Å². The maximum absolute atomic E-state index is 14.2. The lowest BCUT2D eigenvalue weighted by Gasteiger charge is -2.39. The first-order valence-electron chi connectivity index (χ1n) is 14.8.